The normalized spacial score (nSPS) is 20.7. The number of piperidine rings is 1. The van der Waals surface area contributed by atoms with Crippen LogP contribution in [-0.4, -0.2) is 23.0 Å². The fourth-order valence-corrected chi connectivity index (χ4v) is 3.36. The topological polar surface area (TPSA) is 15.3 Å². The molecule has 1 unspecified atom stereocenters. The number of benzene rings is 1. The molecule has 21 heavy (non-hydrogen) atoms. The number of nitrogens with one attached hydrogen (secondary N) is 1. The highest BCUT2D eigenvalue weighted by Gasteiger charge is 2.19. The highest BCUT2D eigenvalue weighted by Crippen LogP contribution is 2.24. The van der Waals surface area contributed by atoms with E-state index >= 15 is 0 Å². The summed E-state index contributed by atoms with van der Waals surface area (Å²) in [6, 6.07) is 7.52. The number of hydrogen-bond acceptors (Lipinski definition) is 2. The van der Waals surface area contributed by atoms with E-state index in [1.165, 1.54) is 41.4 Å². The molecule has 2 nitrogen and oxygen atoms in total. The van der Waals surface area contributed by atoms with E-state index in [0.29, 0.717) is 6.04 Å². The van der Waals surface area contributed by atoms with Crippen molar-refractivity contribution in [2.24, 2.45) is 0 Å². The maximum atomic E-state index is 3.76. The lowest BCUT2D eigenvalue weighted by Crippen LogP contribution is -2.36. The minimum atomic E-state index is 0.161. The van der Waals surface area contributed by atoms with Crippen LogP contribution >= 0.6 is 15.9 Å². The number of likely N-dealkylation sites (tertiary alicyclic amines) is 1. The minimum Gasteiger partial charge on any atom is -0.308 e. The van der Waals surface area contributed by atoms with Crippen LogP contribution in [0.15, 0.2) is 22.7 Å². The molecule has 1 atom stereocenters. The molecule has 118 valence electrons. The molecule has 1 aromatic rings. The van der Waals surface area contributed by atoms with E-state index in [1.54, 1.807) is 0 Å². The first kappa shape index (κ1) is 17.0. The Morgan fingerprint density at radius 3 is 2.67 bits per heavy atom. The first-order valence-electron chi connectivity index (χ1n) is 8.11. The van der Waals surface area contributed by atoms with Crippen molar-refractivity contribution >= 4 is 15.9 Å². The van der Waals surface area contributed by atoms with Gasteiger partial charge in [-0.15, -0.1) is 0 Å². The van der Waals surface area contributed by atoms with Crippen molar-refractivity contribution in [3.63, 3.8) is 0 Å². The van der Waals surface area contributed by atoms with Gasteiger partial charge in [0.2, 0.25) is 0 Å². The molecule has 1 aromatic carbocycles. The van der Waals surface area contributed by atoms with Crippen LogP contribution in [0.25, 0.3) is 0 Å². The highest BCUT2D eigenvalue weighted by molar-refractivity contribution is 9.10. The van der Waals surface area contributed by atoms with Crippen LogP contribution in [0, 0.1) is 0 Å². The van der Waals surface area contributed by atoms with Gasteiger partial charge in [-0.2, -0.15) is 0 Å². The van der Waals surface area contributed by atoms with Crippen molar-refractivity contribution in [1.29, 1.82) is 0 Å². The van der Waals surface area contributed by atoms with Crippen LogP contribution in [0.4, 0.5) is 0 Å². The molecule has 3 heteroatoms. The number of nitrogens with zero attached hydrogens (tertiary/aromatic N) is 1. The molecule has 0 amide bonds. The van der Waals surface area contributed by atoms with Crippen LogP contribution in [0.3, 0.4) is 0 Å². The summed E-state index contributed by atoms with van der Waals surface area (Å²) >= 11 is 3.76. The van der Waals surface area contributed by atoms with Gasteiger partial charge in [0.05, 0.1) is 0 Å². The maximum absolute atomic E-state index is 3.76. The second-order valence-corrected chi connectivity index (χ2v) is 8.20. The van der Waals surface area contributed by atoms with Gasteiger partial charge in [-0.3, -0.25) is 4.90 Å². The summed E-state index contributed by atoms with van der Waals surface area (Å²) < 4.78 is 1.24. The molecule has 0 radical (unpaired) electrons. The first-order chi connectivity index (χ1) is 9.85. The van der Waals surface area contributed by atoms with Gasteiger partial charge in [0, 0.05) is 29.1 Å². The molecule has 2 rings (SSSR count). The minimum absolute atomic E-state index is 0.161. The Morgan fingerprint density at radius 1 is 1.29 bits per heavy atom. The van der Waals surface area contributed by atoms with E-state index in [-0.39, 0.29) is 5.54 Å². The smallest absolute Gasteiger partial charge is 0.0247 e. The van der Waals surface area contributed by atoms with E-state index in [9.17, 15) is 0 Å². The number of rotatable bonds is 4. The molecule has 0 aromatic heterocycles. The third kappa shape index (κ3) is 5.39. The van der Waals surface area contributed by atoms with Crippen LogP contribution < -0.4 is 5.32 Å². The van der Waals surface area contributed by atoms with E-state index in [2.05, 4.69) is 72.0 Å². The summed E-state index contributed by atoms with van der Waals surface area (Å²) in [6.45, 7) is 12.2. The van der Waals surface area contributed by atoms with Gasteiger partial charge in [-0.05, 0) is 64.3 Å². The Morgan fingerprint density at radius 2 is 2.05 bits per heavy atom. The Kier molecular flexibility index (Phi) is 5.87. The zero-order valence-electron chi connectivity index (χ0n) is 13.9. The first-order valence-corrected chi connectivity index (χ1v) is 8.91. The zero-order chi connectivity index (χ0) is 15.5. The Hall–Kier alpha value is -0.380. The lowest BCUT2D eigenvalue weighted by Gasteiger charge is -2.33. The van der Waals surface area contributed by atoms with E-state index in [1.807, 2.05) is 0 Å². The average Bonchev–Trinajstić information content (AvgIpc) is 2.41. The molecule has 1 aliphatic rings. The average molecular weight is 353 g/mol. The predicted octanol–water partition coefficient (Wildman–Crippen LogP) is 4.71. The van der Waals surface area contributed by atoms with Crippen molar-refractivity contribution in [3.8, 4) is 0 Å². The summed E-state index contributed by atoms with van der Waals surface area (Å²) in [5.41, 5.74) is 2.91. The van der Waals surface area contributed by atoms with E-state index in [0.717, 1.165) is 13.1 Å². The van der Waals surface area contributed by atoms with E-state index in [4.69, 9.17) is 0 Å². The van der Waals surface area contributed by atoms with Crippen molar-refractivity contribution in [1.82, 2.24) is 10.2 Å². The molecule has 0 aliphatic carbocycles. The molecular weight excluding hydrogens is 324 g/mol. The van der Waals surface area contributed by atoms with Gasteiger partial charge < -0.3 is 5.32 Å². The highest BCUT2D eigenvalue weighted by atomic mass is 79.9. The van der Waals surface area contributed by atoms with Gasteiger partial charge >= 0.3 is 0 Å². The lowest BCUT2D eigenvalue weighted by atomic mass is 10.0. The standard InChI is InChI=1S/C18H29BrN2/c1-14-7-5-6-10-21(14)13-16-9-8-15(11-17(16)19)12-20-18(2,3)4/h8-9,11,14,20H,5-7,10,12-13H2,1-4H3. The van der Waals surface area contributed by atoms with Crippen molar-refractivity contribution in [2.75, 3.05) is 6.54 Å². The molecule has 1 aliphatic heterocycles. The van der Waals surface area contributed by atoms with Crippen LogP contribution in [0.2, 0.25) is 0 Å². The Bertz CT molecular complexity index is 465. The summed E-state index contributed by atoms with van der Waals surface area (Å²) in [5, 5.41) is 3.54. The van der Waals surface area contributed by atoms with Gasteiger partial charge in [-0.1, -0.05) is 34.5 Å². The summed E-state index contributed by atoms with van der Waals surface area (Å²) in [7, 11) is 0. The maximum Gasteiger partial charge on any atom is 0.0247 e. The second-order valence-electron chi connectivity index (χ2n) is 7.34. The van der Waals surface area contributed by atoms with Gasteiger partial charge in [-0.25, -0.2) is 0 Å². The SMILES string of the molecule is CC1CCCCN1Cc1ccc(CNC(C)(C)C)cc1Br. The molecule has 0 bridgehead atoms. The lowest BCUT2D eigenvalue weighted by molar-refractivity contribution is 0.152. The Labute approximate surface area is 138 Å². The second kappa shape index (κ2) is 7.26. The number of hydrogen-bond donors (Lipinski definition) is 1. The third-order valence-corrected chi connectivity index (χ3v) is 4.99. The van der Waals surface area contributed by atoms with Crippen LogP contribution in [-0.2, 0) is 13.1 Å². The molecule has 0 saturated carbocycles. The quantitative estimate of drug-likeness (QED) is 0.843. The third-order valence-electron chi connectivity index (χ3n) is 4.25. The van der Waals surface area contributed by atoms with Crippen LogP contribution in [0.5, 0.6) is 0 Å². The molecule has 1 heterocycles. The fourth-order valence-electron chi connectivity index (χ4n) is 2.81. The predicted molar refractivity (Wildman–Crippen MR) is 94.5 cm³/mol. The fraction of sp³-hybridized carbons (Fsp3) is 0.667. The van der Waals surface area contributed by atoms with Gasteiger partial charge in [0.25, 0.3) is 0 Å². The summed E-state index contributed by atoms with van der Waals surface area (Å²) in [5.74, 6) is 0. The van der Waals surface area contributed by atoms with Crippen molar-refractivity contribution < 1.29 is 0 Å². The van der Waals surface area contributed by atoms with Crippen molar-refractivity contribution in [2.45, 2.75) is 71.6 Å². The molecule has 0 spiro atoms. The summed E-state index contributed by atoms with van der Waals surface area (Å²) in [4.78, 5) is 2.61. The molecule has 1 saturated heterocycles. The Balaban J connectivity index is 1.98. The molecule has 1 fully saturated rings. The summed E-state index contributed by atoms with van der Waals surface area (Å²) in [6.07, 6.45) is 4.07. The largest absolute Gasteiger partial charge is 0.308 e. The monoisotopic (exact) mass is 352 g/mol. The van der Waals surface area contributed by atoms with Crippen molar-refractivity contribution in [3.05, 3.63) is 33.8 Å². The van der Waals surface area contributed by atoms with Gasteiger partial charge in [0.15, 0.2) is 0 Å². The zero-order valence-corrected chi connectivity index (χ0v) is 15.5. The van der Waals surface area contributed by atoms with Crippen LogP contribution in [0.1, 0.15) is 58.1 Å². The molecule has 1 N–H and O–H groups in total. The van der Waals surface area contributed by atoms with E-state index < -0.39 is 0 Å². The van der Waals surface area contributed by atoms with Gasteiger partial charge in [0.1, 0.15) is 0 Å². The molecular formula is C18H29BrN2. The number of halogens is 1.